The van der Waals surface area contributed by atoms with Gasteiger partial charge in [-0.15, -0.1) is 0 Å². The number of fused-ring (bicyclic) bond motifs is 7. The average molecular weight is 642 g/mol. The van der Waals surface area contributed by atoms with Crippen molar-refractivity contribution >= 4 is 23.8 Å². The van der Waals surface area contributed by atoms with Crippen LogP contribution in [0, 0.1) is 50.2 Å². The predicted molar refractivity (Wildman–Crippen MR) is 176 cm³/mol. The van der Waals surface area contributed by atoms with E-state index in [9.17, 15) is 19.2 Å². The fourth-order valence-corrected chi connectivity index (χ4v) is 11.9. The Bertz CT molecular complexity index is 1290. The van der Waals surface area contributed by atoms with Gasteiger partial charge in [0.25, 0.3) is 0 Å². The van der Waals surface area contributed by atoms with Crippen molar-refractivity contribution in [2.75, 3.05) is 6.54 Å². The number of hydrogen-bond acceptors (Lipinski definition) is 5. The first-order valence-electron chi connectivity index (χ1n) is 17.9. The molecule has 3 N–H and O–H groups in total. The minimum atomic E-state index is -0.977. The smallest absolute Gasteiger partial charge is 0.306 e. The number of carboxylic acid groups (broad SMARTS) is 2. The second-order valence-corrected chi connectivity index (χ2v) is 18.0. The van der Waals surface area contributed by atoms with Crippen LogP contribution < -0.4 is 5.32 Å². The molecule has 0 aromatic rings. The lowest BCUT2D eigenvalue weighted by Crippen LogP contribution is -2.65. The number of hydrogen-bond donors (Lipinski definition) is 3. The van der Waals surface area contributed by atoms with Crippen molar-refractivity contribution in [2.24, 2.45) is 50.2 Å². The third kappa shape index (κ3) is 5.82. The van der Waals surface area contributed by atoms with Crippen molar-refractivity contribution in [3.63, 3.8) is 0 Å². The first kappa shape index (κ1) is 34.9. The van der Waals surface area contributed by atoms with Gasteiger partial charge in [-0.05, 0) is 109 Å². The first-order valence-corrected chi connectivity index (χ1v) is 17.9. The number of aliphatic carboxylic acids is 2. The van der Waals surface area contributed by atoms with Crippen molar-refractivity contribution in [3.8, 4) is 0 Å². The molecule has 0 heterocycles. The molecule has 8 atom stereocenters. The Balaban J connectivity index is 1.41. The SMILES string of the molecule is CC1(C)CC[C@]2(CNC(=O)CCC(=O)O)CC[C@]3(C)C(=CCC4[C@@]5(C)CC[C@H](OC(=O)CCC(=O)O)C(C)(C)C5CC[C@]43C)C2C1. The molecule has 0 aromatic heterocycles. The van der Waals surface area contributed by atoms with Crippen LogP contribution in [0.25, 0.3) is 0 Å². The summed E-state index contributed by atoms with van der Waals surface area (Å²) < 4.78 is 6.00. The molecule has 4 saturated carbocycles. The molecule has 0 radical (unpaired) electrons. The minimum Gasteiger partial charge on any atom is -0.481 e. The maximum atomic E-state index is 12.7. The topological polar surface area (TPSA) is 130 Å². The maximum Gasteiger partial charge on any atom is 0.306 e. The Labute approximate surface area is 275 Å². The molecule has 258 valence electrons. The zero-order chi connectivity index (χ0) is 33.9. The molecule has 5 rings (SSSR count). The lowest BCUT2D eigenvalue weighted by atomic mass is 9.33. The van der Waals surface area contributed by atoms with Gasteiger partial charge < -0.3 is 20.3 Å². The van der Waals surface area contributed by atoms with Crippen LogP contribution in [0.5, 0.6) is 0 Å². The second kappa shape index (κ2) is 11.9. The van der Waals surface area contributed by atoms with E-state index in [4.69, 9.17) is 14.9 Å². The quantitative estimate of drug-likeness (QED) is 0.175. The maximum absolute atomic E-state index is 12.7. The number of esters is 1. The summed E-state index contributed by atoms with van der Waals surface area (Å²) in [5.74, 6) is -1.16. The van der Waals surface area contributed by atoms with E-state index < -0.39 is 17.9 Å². The van der Waals surface area contributed by atoms with Crippen LogP contribution >= 0.6 is 0 Å². The van der Waals surface area contributed by atoms with Crippen molar-refractivity contribution in [1.82, 2.24) is 5.32 Å². The van der Waals surface area contributed by atoms with E-state index in [1.165, 1.54) is 0 Å². The summed E-state index contributed by atoms with van der Waals surface area (Å²) in [5.41, 5.74) is 1.94. The largest absolute Gasteiger partial charge is 0.481 e. The molecular weight excluding hydrogens is 582 g/mol. The predicted octanol–water partition coefficient (Wildman–Crippen LogP) is 7.55. The van der Waals surface area contributed by atoms with E-state index in [-0.39, 0.29) is 70.2 Å². The number of carbonyl (C=O) groups is 4. The van der Waals surface area contributed by atoms with Crippen molar-refractivity contribution in [2.45, 2.75) is 144 Å². The zero-order valence-corrected chi connectivity index (χ0v) is 29.4. The van der Waals surface area contributed by atoms with Crippen LogP contribution in [0.15, 0.2) is 11.6 Å². The fourth-order valence-electron chi connectivity index (χ4n) is 11.9. The van der Waals surface area contributed by atoms with Gasteiger partial charge in [-0.3, -0.25) is 19.2 Å². The Hall–Kier alpha value is -2.38. The van der Waals surface area contributed by atoms with Crippen LogP contribution in [-0.2, 0) is 23.9 Å². The number of nitrogens with one attached hydrogen (secondary N) is 1. The van der Waals surface area contributed by atoms with E-state index in [0.29, 0.717) is 24.3 Å². The van der Waals surface area contributed by atoms with Gasteiger partial charge in [0, 0.05) is 18.4 Å². The van der Waals surface area contributed by atoms with E-state index in [1.54, 1.807) is 5.57 Å². The molecule has 4 fully saturated rings. The highest BCUT2D eigenvalue weighted by molar-refractivity contribution is 5.80. The molecule has 0 bridgehead atoms. The lowest BCUT2D eigenvalue weighted by molar-refractivity contribution is -0.213. The summed E-state index contributed by atoms with van der Waals surface area (Å²) in [6.45, 7) is 17.6. The molecule has 46 heavy (non-hydrogen) atoms. The molecule has 3 unspecified atom stereocenters. The summed E-state index contributed by atoms with van der Waals surface area (Å²) in [6, 6.07) is 0. The number of rotatable bonds is 9. The Morgan fingerprint density at radius 3 is 2.13 bits per heavy atom. The van der Waals surface area contributed by atoms with Crippen LogP contribution in [-0.4, -0.2) is 46.7 Å². The molecule has 0 spiro atoms. The van der Waals surface area contributed by atoms with Crippen LogP contribution in [0.4, 0.5) is 0 Å². The van der Waals surface area contributed by atoms with Gasteiger partial charge in [0.2, 0.25) is 5.91 Å². The molecule has 8 heteroatoms. The molecule has 0 saturated heterocycles. The van der Waals surface area contributed by atoms with E-state index in [1.807, 2.05) is 0 Å². The molecule has 5 aliphatic carbocycles. The third-order valence-corrected chi connectivity index (χ3v) is 14.8. The normalized spacial score (nSPS) is 40.5. The highest BCUT2D eigenvalue weighted by atomic mass is 16.5. The zero-order valence-electron chi connectivity index (χ0n) is 29.4. The number of amides is 1. The standard InChI is InChI=1S/C38H59NO7/c1-33(2)18-20-38(23-39-29(40)10-11-30(41)42)21-19-36(6)24(25(38)22-33)8-9-27-35(5)16-15-28(46-32(45)13-12-31(43)44)34(3,4)26(35)14-17-37(27,36)7/h8,25-28H,9-23H2,1-7H3,(H,39,40)(H,41,42)(H,43,44)/t25?,26?,27?,28-,35-,36+,37+,38+/m0/s1. The molecule has 0 aromatic carbocycles. The van der Waals surface area contributed by atoms with E-state index in [0.717, 1.165) is 64.2 Å². The Morgan fingerprint density at radius 1 is 0.804 bits per heavy atom. The van der Waals surface area contributed by atoms with E-state index >= 15 is 0 Å². The molecular formula is C38H59NO7. The average Bonchev–Trinajstić information content (AvgIpc) is 2.96. The van der Waals surface area contributed by atoms with Crippen molar-refractivity contribution in [1.29, 1.82) is 0 Å². The molecule has 5 aliphatic rings. The van der Waals surface area contributed by atoms with Gasteiger partial charge in [0.15, 0.2) is 0 Å². The van der Waals surface area contributed by atoms with Gasteiger partial charge in [-0.25, -0.2) is 0 Å². The molecule has 1 amide bonds. The minimum absolute atomic E-state index is 0.00855. The summed E-state index contributed by atoms with van der Waals surface area (Å²) in [4.78, 5) is 47.4. The molecule has 0 aliphatic heterocycles. The van der Waals surface area contributed by atoms with Gasteiger partial charge >= 0.3 is 17.9 Å². The third-order valence-electron chi connectivity index (χ3n) is 14.8. The first-order chi connectivity index (χ1) is 21.3. The fraction of sp³-hybridized carbons (Fsp3) is 0.842. The van der Waals surface area contributed by atoms with Gasteiger partial charge in [0.05, 0.1) is 19.3 Å². The Kier molecular flexibility index (Phi) is 9.07. The Morgan fingerprint density at radius 2 is 1.46 bits per heavy atom. The summed E-state index contributed by atoms with van der Waals surface area (Å²) in [5, 5.41) is 21.3. The van der Waals surface area contributed by atoms with Crippen LogP contribution in [0.1, 0.15) is 138 Å². The lowest BCUT2D eigenvalue weighted by Gasteiger charge is -2.71. The van der Waals surface area contributed by atoms with Crippen LogP contribution in [0.3, 0.4) is 0 Å². The highest BCUT2D eigenvalue weighted by Crippen LogP contribution is 2.75. The van der Waals surface area contributed by atoms with Gasteiger partial charge in [0.1, 0.15) is 6.10 Å². The number of carboxylic acids is 2. The number of carbonyl (C=O) groups excluding carboxylic acids is 2. The van der Waals surface area contributed by atoms with Gasteiger partial charge in [-0.2, -0.15) is 0 Å². The second-order valence-electron chi connectivity index (χ2n) is 18.0. The number of ether oxygens (including phenoxy) is 1. The van der Waals surface area contributed by atoms with Crippen molar-refractivity contribution in [3.05, 3.63) is 11.6 Å². The monoisotopic (exact) mass is 641 g/mol. The van der Waals surface area contributed by atoms with Crippen molar-refractivity contribution < 1.29 is 34.1 Å². The van der Waals surface area contributed by atoms with Gasteiger partial charge in [-0.1, -0.05) is 60.1 Å². The van der Waals surface area contributed by atoms with Crippen LogP contribution in [0.2, 0.25) is 0 Å². The number of allylic oxidation sites excluding steroid dienone is 2. The highest BCUT2D eigenvalue weighted by Gasteiger charge is 2.68. The summed E-state index contributed by atoms with van der Waals surface area (Å²) in [6.07, 6.45) is 12.6. The summed E-state index contributed by atoms with van der Waals surface area (Å²) in [7, 11) is 0. The van der Waals surface area contributed by atoms with E-state index in [2.05, 4.69) is 59.9 Å². The summed E-state index contributed by atoms with van der Waals surface area (Å²) >= 11 is 0. The molecule has 8 nitrogen and oxygen atoms in total.